The van der Waals surface area contributed by atoms with Crippen molar-refractivity contribution in [1.82, 2.24) is 14.1 Å². The van der Waals surface area contributed by atoms with Crippen LogP contribution in [0.4, 0.5) is 4.39 Å². The van der Waals surface area contributed by atoms with Gasteiger partial charge < -0.3 is 14.5 Å². The van der Waals surface area contributed by atoms with Crippen molar-refractivity contribution in [2.45, 2.75) is 11.3 Å². The Hall–Kier alpha value is -2.98. The summed E-state index contributed by atoms with van der Waals surface area (Å²) in [6.07, 6.45) is 0.472. The number of sulfonamides is 1. The fraction of sp³-hybridized carbons (Fsp3) is 0.364. The minimum Gasteiger partial charge on any atom is -0.484 e. The van der Waals surface area contributed by atoms with Crippen molar-refractivity contribution in [2.75, 3.05) is 46.9 Å². The molecule has 172 valence electrons. The van der Waals surface area contributed by atoms with Crippen LogP contribution in [0.5, 0.6) is 5.75 Å². The Morgan fingerprint density at radius 1 is 1.03 bits per heavy atom. The third-order valence-electron chi connectivity index (χ3n) is 5.14. The number of rotatable bonds is 6. The highest BCUT2D eigenvalue weighted by atomic mass is 32.2. The molecule has 0 aromatic heterocycles. The van der Waals surface area contributed by atoms with Gasteiger partial charge in [-0.1, -0.05) is 6.07 Å². The summed E-state index contributed by atoms with van der Waals surface area (Å²) >= 11 is 0. The first-order valence-corrected chi connectivity index (χ1v) is 11.6. The van der Waals surface area contributed by atoms with Crippen molar-refractivity contribution >= 4 is 21.8 Å². The van der Waals surface area contributed by atoms with Gasteiger partial charge in [0.05, 0.1) is 4.90 Å². The van der Waals surface area contributed by atoms with Crippen LogP contribution in [0.3, 0.4) is 0 Å². The Bertz CT molecular complexity index is 1070. The molecular formula is C22H26FN3O5S. The molecule has 0 spiro atoms. The largest absolute Gasteiger partial charge is 0.484 e. The fourth-order valence-corrected chi connectivity index (χ4v) is 4.74. The molecule has 0 aliphatic carbocycles. The topological polar surface area (TPSA) is 87.2 Å². The molecule has 1 saturated heterocycles. The van der Waals surface area contributed by atoms with Gasteiger partial charge in [-0.3, -0.25) is 9.59 Å². The zero-order valence-electron chi connectivity index (χ0n) is 18.0. The van der Waals surface area contributed by atoms with E-state index in [4.69, 9.17) is 4.74 Å². The summed E-state index contributed by atoms with van der Waals surface area (Å²) in [7, 11) is -0.513. The number of likely N-dealkylation sites (N-methyl/N-ethyl adjacent to an activating group) is 1. The molecule has 0 N–H and O–H groups in total. The van der Waals surface area contributed by atoms with E-state index in [0.29, 0.717) is 24.3 Å². The van der Waals surface area contributed by atoms with Gasteiger partial charge in [0, 0.05) is 45.8 Å². The first kappa shape index (κ1) is 23.7. The maximum Gasteiger partial charge on any atom is 0.259 e. The van der Waals surface area contributed by atoms with Crippen molar-refractivity contribution < 1.29 is 27.1 Å². The predicted octanol–water partition coefficient (Wildman–Crippen LogP) is 1.83. The zero-order valence-corrected chi connectivity index (χ0v) is 18.8. The average Bonchev–Trinajstić information content (AvgIpc) is 3.04. The second-order valence-corrected chi connectivity index (χ2v) is 9.55. The van der Waals surface area contributed by atoms with E-state index < -0.39 is 15.8 Å². The van der Waals surface area contributed by atoms with Gasteiger partial charge in [0.2, 0.25) is 10.0 Å². The van der Waals surface area contributed by atoms with E-state index in [-0.39, 0.29) is 43.0 Å². The van der Waals surface area contributed by atoms with Gasteiger partial charge in [-0.15, -0.1) is 0 Å². The summed E-state index contributed by atoms with van der Waals surface area (Å²) in [5, 5.41) is 0. The number of halogens is 1. The number of nitrogens with zero attached hydrogens (tertiary/aromatic N) is 3. The summed E-state index contributed by atoms with van der Waals surface area (Å²) in [6, 6.07) is 11.3. The minimum atomic E-state index is -3.77. The van der Waals surface area contributed by atoms with Crippen molar-refractivity contribution in [1.29, 1.82) is 0 Å². The fourth-order valence-electron chi connectivity index (χ4n) is 3.27. The van der Waals surface area contributed by atoms with Crippen LogP contribution in [-0.2, 0) is 14.8 Å². The van der Waals surface area contributed by atoms with E-state index in [1.54, 1.807) is 43.3 Å². The lowest BCUT2D eigenvalue weighted by Gasteiger charge is -2.22. The molecule has 1 aliphatic heterocycles. The van der Waals surface area contributed by atoms with Crippen LogP contribution in [0.1, 0.15) is 16.8 Å². The normalized spacial score (nSPS) is 15.2. The van der Waals surface area contributed by atoms with Crippen LogP contribution in [0.15, 0.2) is 53.4 Å². The lowest BCUT2D eigenvalue weighted by molar-refractivity contribution is -0.130. The third kappa shape index (κ3) is 5.63. The van der Waals surface area contributed by atoms with Crippen LogP contribution in [-0.4, -0.2) is 81.2 Å². The van der Waals surface area contributed by atoms with E-state index in [2.05, 4.69) is 0 Å². The van der Waals surface area contributed by atoms with Crippen LogP contribution < -0.4 is 4.74 Å². The second kappa shape index (κ2) is 10.1. The first-order chi connectivity index (χ1) is 15.2. The summed E-state index contributed by atoms with van der Waals surface area (Å²) in [5.74, 6) is -0.539. The maximum absolute atomic E-state index is 13.2. The van der Waals surface area contributed by atoms with Gasteiger partial charge in [0.25, 0.3) is 11.8 Å². The van der Waals surface area contributed by atoms with Crippen molar-refractivity contribution in [3.05, 3.63) is 59.9 Å². The van der Waals surface area contributed by atoms with E-state index in [9.17, 15) is 22.4 Å². The number of carbonyl (C=O) groups excluding carboxylic acids is 2. The van der Waals surface area contributed by atoms with Gasteiger partial charge in [0.1, 0.15) is 11.6 Å². The molecule has 8 nitrogen and oxygen atoms in total. The SMILES string of the molecule is CN(C)C(=O)COc1cccc(C(=O)N2CCCN(S(=O)(=O)c3ccc(F)cc3)CC2)c1. The Kier molecular flexibility index (Phi) is 7.47. The Morgan fingerprint density at radius 3 is 2.44 bits per heavy atom. The number of hydrogen-bond donors (Lipinski definition) is 0. The van der Waals surface area contributed by atoms with Gasteiger partial charge in [-0.2, -0.15) is 4.31 Å². The van der Waals surface area contributed by atoms with E-state index in [0.717, 1.165) is 12.1 Å². The van der Waals surface area contributed by atoms with Gasteiger partial charge >= 0.3 is 0 Å². The third-order valence-corrected chi connectivity index (χ3v) is 7.05. The quantitative estimate of drug-likeness (QED) is 0.652. The van der Waals surface area contributed by atoms with Gasteiger partial charge in [-0.05, 0) is 48.9 Å². The summed E-state index contributed by atoms with van der Waals surface area (Å²) in [5.41, 5.74) is 0.398. The lowest BCUT2D eigenvalue weighted by atomic mass is 10.2. The maximum atomic E-state index is 13.2. The number of ether oxygens (including phenoxy) is 1. The molecule has 1 fully saturated rings. The average molecular weight is 464 g/mol. The molecule has 2 amide bonds. The molecule has 32 heavy (non-hydrogen) atoms. The molecular weight excluding hydrogens is 437 g/mol. The molecule has 2 aromatic rings. The number of benzene rings is 2. The Morgan fingerprint density at radius 2 is 1.75 bits per heavy atom. The molecule has 2 aromatic carbocycles. The van der Waals surface area contributed by atoms with Crippen molar-refractivity contribution in [2.24, 2.45) is 0 Å². The van der Waals surface area contributed by atoms with E-state index >= 15 is 0 Å². The standard InChI is InChI=1S/C22H26FN3O5S/c1-24(2)21(27)16-31-19-6-3-5-17(15-19)22(28)25-11-4-12-26(14-13-25)32(29,30)20-9-7-18(23)8-10-20/h3,5-10,15H,4,11-14,16H2,1-2H3. The highest BCUT2D eigenvalue weighted by molar-refractivity contribution is 7.89. The molecule has 10 heteroatoms. The van der Waals surface area contributed by atoms with Crippen LogP contribution in [0.25, 0.3) is 0 Å². The Balaban J connectivity index is 1.66. The molecule has 0 saturated carbocycles. The molecule has 1 aliphatic rings. The summed E-state index contributed by atoms with van der Waals surface area (Å²) < 4.78 is 45.7. The second-order valence-electron chi connectivity index (χ2n) is 7.61. The van der Waals surface area contributed by atoms with Crippen LogP contribution >= 0.6 is 0 Å². The molecule has 1 heterocycles. The van der Waals surface area contributed by atoms with Gasteiger partial charge in [-0.25, -0.2) is 12.8 Å². The van der Waals surface area contributed by atoms with Crippen LogP contribution in [0, 0.1) is 5.82 Å². The number of carbonyl (C=O) groups is 2. The number of amides is 2. The monoisotopic (exact) mass is 463 g/mol. The lowest BCUT2D eigenvalue weighted by Crippen LogP contribution is -2.37. The van der Waals surface area contributed by atoms with E-state index in [1.165, 1.54) is 21.3 Å². The number of hydrogen-bond acceptors (Lipinski definition) is 5. The van der Waals surface area contributed by atoms with Gasteiger partial charge in [0.15, 0.2) is 6.61 Å². The summed E-state index contributed by atoms with van der Waals surface area (Å²) in [6.45, 7) is 0.894. The van der Waals surface area contributed by atoms with Crippen LogP contribution in [0.2, 0.25) is 0 Å². The highest BCUT2D eigenvalue weighted by Crippen LogP contribution is 2.20. The predicted molar refractivity (Wildman–Crippen MR) is 116 cm³/mol. The minimum absolute atomic E-state index is 0.0239. The molecule has 3 rings (SSSR count). The molecule has 0 atom stereocenters. The molecule has 0 radical (unpaired) electrons. The first-order valence-electron chi connectivity index (χ1n) is 10.2. The Labute approximate surface area is 187 Å². The van der Waals surface area contributed by atoms with Crippen molar-refractivity contribution in [3.63, 3.8) is 0 Å². The molecule has 0 unspecified atom stereocenters. The zero-order chi connectivity index (χ0) is 23.3. The summed E-state index contributed by atoms with van der Waals surface area (Å²) in [4.78, 5) is 27.7. The van der Waals surface area contributed by atoms with E-state index in [1.807, 2.05) is 0 Å². The van der Waals surface area contributed by atoms with Crippen molar-refractivity contribution in [3.8, 4) is 5.75 Å². The molecule has 0 bridgehead atoms. The smallest absolute Gasteiger partial charge is 0.259 e. The highest BCUT2D eigenvalue weighted by Gasteiger charge is 2.28.